The number of halogens is 1. The van der Waals surface area contributed by atoms with E-state index in [9.17, 15) is 0 Å². The molecule has 1 aliphatic rings. The summed E-state index contributed by atoms with van der Waals surface area (Å²) < 4.78 is 1.23. The van der Waals surface area contributed by atoms with Crippen LogP contribution in [0.15, 0.2) is 28.4 Å². The maximum atomic E-state index is 3.67. The number of hydrogen-bond donors (Lipinski definition) is 0. The highest BCUT2D eigenvalue weighted by molar-refractivity contribution is 9.10. The molecule has 0 fully saturated rings. The van der Waals surface area contributed by atoms with Gasteiger partial charge in [-0.1, -0.05) is 41.9 Å². The first-order chi connectivity index (χ1) is 8.76. The van der Waals surface area contributed by atoms with Crippen molar-refractivity contribution in [2.75, 3.05) is 13.1 Å². The minimum atomic E-state index is 1.17. The van der Waals surface area contributed by atoms with Gasteiger partial charge in [0.1, 0.15) is 0 Å². The minimum absolute atomic E-state index is 1.17. The molecule has 0 unspecified atom stereocenters. The van der Waals surface area contributed by atoms with Gasteiger partial charge in [-0.15, -0.1) is 0 Å². The molecule has 1 aliphatic carbocycles. The fraction of sp³-hybridized carbons (Fsp3) is 0.500. The summed E-state index contributed by atoms with van der Waals surface area (Å²) >= 11 is 3.67. The Kier molecular flexibility index (Phi) is 4.87. The molecule has 0 saturated heterocycles. The number of hydrogen-bond acceptors (Lipinski definition) is 1. The van der Waals surface area contributed by atoms with Crippen LogP contribution >= 0.6 is 15.9 Å². The second-order valence-corrected chi connectivity index (χ2v) is 5.79. The quantitative estimate of drug-likeness (QED) is 0.751. The predicted octanol–water partition coefficient (Wildman–Crippen LogP) is 4.86. The fourth-order valence-electron chi connectivity index (χ4n) is 2.65. The van der Waals surface area contributed by atoms with Crippen molar-refractivity contribution in [1.29, 1.82) is 0 Å². The van der Waals surface area contributed by atoms with E-state index in [4.69, 9.17) is 0 Å². The molecule has 1 aromatic carbocycles. The SMILES string of the molecule is CCCN(CCC)C1=Cc2c(Br)cccc2CC1. The third-order valence-electron chi connectivity index (χ3n) is 3.50. The van der Waals surface area contributed by atoms with Gasteiger partial charge in [-0.05, 0) is 49.0 Å². The Hall–Kier alpha value is -0.760. The van der Waals surface area contributed by atoms with E-state index in [0.717, 1.165) is 0 Å². The molecule has 0 radical (unpaired) electrons. The lowest BCUT2D eigenvalue weighted by molar-refractivity contribution is 0.334. The van der Waals surface area contributed by atoms with Gasteiger partial charge in [-0.25, -0.2) is 0 Å². The van der Waals surface area contributed by atoms with Crippen LogP contribution in [0.2, 0.25) is 0 Å². The molecule has 2 heteroatoms. The number of benzene rings is 1. The van der Waals surface area contributed by atoms with E-state index in [-0.39, 0.29) is 0 Å². The van der Waals surface area contributed by atoms with E-state index in [0.29, 0.717) is 0 Å². The van der Waals surface area contributed by atoms with Crippen LogP contribution in [0.3, 0.4) is 0 Å². The molecule has 0 amide bonds. The van der Waals surface area contributed by atoms with Crippen molar-refractivity contribution in [2.24, 2.45) is 0 Å². The van der Waals surface area contributed by atoms with Crippen LogP contribution in [0.25, 0.3) is 6.08 Å². The summed E-state index contributed by atoms with van der Waals surface area (Å²) in [6.45, 7) is 6.88. The zero-order valence-electron chi connectivity index (χ0n) is 11.4. The largest absolute Gasteiger partial charge is 0.375 e. The molecule has 0 saturated carbocycles. The number of allylic oxidation sites excluding steroid dienone is 1. The number of aryl methyl sites for hydroxylation is 1. The summed E-state index contributed by atoms with van der Waals surface area (Å²) in [5.74, 6) is 0. The van der Waals surface area contributed by atoms with Gasteiger partial charge < -0.3 is 4.90 Å². The van der Waals surface area contributed by atoms with Crippen LogP contribution in [0.5, 0.6) is 0 Å². The maximum Gasteiger partial charge on any atom is 0.0251 e. The Morgan fingerprint density at radius 3 is 2.50 bits per heavy atom. The van der Waals surface area contributed by atoms with E-state index < -0.39 is 0 Å². The first kappa shape index (κ1) is 13.7. The molecular weight excluding hydrogens is 286 g/mol. The molecular formula is C16H22BrN. The Morgan fingerprint density at radius 1 is 1.11 bits per heavy atom. The minimum Gasteiger partial charge on any atom is -0.375 e. The van der Waals surface area contributed by atoms with Crippen molar-refractivity contribution in [1.82, 2.24) is 4.90 Å². The maximum absolute atomic E-state index is 3.67. The average Bonchev–Trinajstić information content (AvgIpc) is 2.39. The lowest BCUT2D eigenvalue weighted by Gasteiger charge is -2.30. The molecule has 0 atom stereocenters. The highest BCUT2D eigenvalue weighted by Gasteiger charge is 2.16. The Balaban J connectivity index is 2.27. The van der Waals surface area contributed by atoms with Crippen molar-refractivity contribution >= 4 is 22.0 Å². The lowest BCUT2D eigenvalue weighted by Crippen LogP contribution is -2.26. The summed E-state index contributed by atoms with van der Waals surface area (Å²) in [7, 11) is 0. The number of nitrogens with zero attached hydrogens (tertiary/aromatic N) is 1. The number of rotatable bonds is 5. The smallest absolute Gasteiger partial charge is 0.0251 e. The third kappa shape index (κ3) is 2.97. The normalized spacial score (nSPS) is 14.1. The van der Waals surface area contributed by atoms with Crippen LogP contribution < -0.4 is 0 Å². The highest BCUT2D eigenvalue weighted by atomic mass is 79.9. The Morgan fingerprint density at radius 2 is 1.83 bits per heavy atom. The van der Waals surface area contributed by atoms with Gasteiger partial charge in [-0.2, -0.15) is 0 Å². The summed E-state index contributed by atoms with van der Waals surface area (Å²) in [4.78, 5) is 2.56. The standard InChI is InChI=1S/C16H22BrN/c1-3-10-18(11-4-2)14-9-8-13-6-5-7-16(17)15(13)12-14/h5-7,12H,3-4,8-11H2,1-2H3. The van der Waals surface area contributed by atoms with Crippen LogP contribution in [0.4, 0.5) is 0 Å². The van der Waals surface area contributed by atoms with Crippen molar-refractivity contribution in [2.45, 2.75) is 39.5 Å². The molecule has 0 heterocycles. The second kappa shape index (κ2) is 6.42. The van der Waals surface area contributed by atoms with E-state index in [1.807, 2.05) is 0 Å². The number of fused-ring (bicyclic) bond motifs is 1. The third-order valence-corrected chi connectivity index (χ3v) is 4.19. The van der Waals surface area contributed by atoms with Crippen molar-refractivity contribution in [3.63, 3.8) is 0 Å². The summed E-state index contributed by atoms with van der Waals surface area (Å²) in [6, 6.07) is 6.53. The molecule has 98 valence electrons. The van der Waals surface area contributed by atoms with Gasteiger partial charge in [0.25, 0.3) is 0 Å². The Bertz CT molecular complexity index is 431. The van der Waals surface area contributed by atoms with Gasteiger partial charge in [0.15, 0.2) is 0 Å². The molecule has 0 bridgehead atoms. The molecule has 1 aromatic rings. The predicted molar refractivity (Wildman–Crippen MR) is 82.6 cm³/mol. The molecule has 0 spiro atoms. The lowest BCUT2D eigenvalue weighted by atomic mass is 9.94. The molecule has 0 aliphatic heterocycles. The van der Waals surface area contributed by atoms with E-state index in [1.165, 1.54) is 60.1 Å². The van der Waals surface area contributed by atoms with Crippen molar-refractivity contribution in [3.8, 4) is 0 Å². The monoisotopic (exact) mass is 307 g/mol. The zero-order valence-corrected chi connectivity index (χ0v) is 13.0. The van der Waals surface area contributed by atoms with Crippen LogP contribution in [-0.2, 0) is 6.42 Å². The Labute approximate surface area is 119 Å². The van der Waals surface area contributed by atoms with E-state index in [1.54, 1.807) is 0 Å². The van der Waals surface area contributed by atoms with Crippen LogP contribution in [0.1, 0.15) is 44.2 Å². The van der Waals surface area contributed by atoms with Gasteiger partial charge in [-0.3, -0.25) is 0 Å². The first-order valence-electron chi connectivity index (χ1n) is 6.99. The topological polar surface area (TPSA) is 3.24 Å². The summed E-state index contributed by atoms with van der Waals surface area (Å²) in [5.41, 5.74) is 4.37. The van der Waals surface area contributed by atoms with Crippen molar-refractivity contribution < 1.29 is 0 Å². The van der Waals surface area contributed by atoms with E-state index >= 15 is 0 Å². The summed E-state index contributed by atoms with van der Waals surface area (Å²) in [5, 5.41) is 0. The molecule has 0 N–H and O–H groups in total. The van der Waals surface area contributed by atoms with Gasteiger partial charge in [0, 0.05) is 23.3 Å². The second-order valence-electron chi connectivity index (χ2n) is 4.94. The fourth-order valence-corrected chi connectivity index (χ4v) is 3.17. The van der Waals surface area contributed by atoms with Gasteiger partial charge >= 0.3 is 0 Å². The van der Waals surface area contributed by atoms with Crippen LogP contribution in [-0.4, -0.2) is 18.0 Å². The average molecular weight is 308 g/mol. The molecule has 0 aromatic heterocycles. The zero-order chi connectivity index (χ0) is 13.0. The van der Waals surface area contributed by atoms with Gasteiger partial charge in [0.05, 0.1) is 0 Å². The first-order valence-corrected chi connectivity index (χ1v) is 7.78. The van der Waals surface area contributed by atoms with E-state index in [2.05, 4.69) is 59.0 Å². The summed E-state index contributed by atoms with van der Waals surface area (Å²) in [6.07, 6.45) is 7.18. The molecule has 1 nitrogen and oxygen atoms in total. The van der Waals surface area contributed by atoms with Crippen molar-refractivity contribution in [3.05, 3.63) is 39.5 Å². The van der Waals surface area contributed by atoms with Crippen LogP contribution in [0, 0.1) is 0 Å². The highest BCUT2D eigenvalue weighted by Crippen LogP contribution is 2.31. The van der Waals surface area contributed by atoms with Gasteiger partial charge in [0.2, 0.25) is 0 Å². The molecule has 2 rings (SSSR count). The molecule has 18 heavy (non-hydrogen) atoms.